The fourth-order valence-electron chi connectivity index (χ4n) is 1.45. The van der Waals surface area contributed by atoms with Gasteiger partial charge in [-0.3, -0.25) is 9.89 Å². The van der Waals surface area contributed by atoms with Gasteiger partial charge < -0.3 is 10.1 Å². The number of aromatic amines is 1. The summed E-state index contributed by atoms with van der Waals surface area (Å²) in [6.45, 7) is 2.22. The number of hydrogen-bond acceptors (Lipinski definition) is 3. The molecule has 1 heterocycles. The van der Waals surface area contributed by atoms with E-state index >= 15 is 0 Å². The van der Waals surface area contributed by atoms with Crippen LogP contribution in [0.3, 0.4) is 0 Å². The molecule has 18 heavy (non-hydrogen) atoms. The number of carbonyl (C=O) groups is 1. The largest absolute Gasteiger partial charge is 0.493 e. The highest BCUT2D eigenvalue weighted by molar-refractivity contribution is 5.90. The number of anilines is 1. The van der Waals surface area contributed by atoms with Crippen LogP contribution in [0.5, 0.6) is 5.75 Å². The van der Waals surface area contributed by atoms with E-state index in [0.717, 1.165) is 11.3 Å². The van der Waals surface area contributed by atoms with Gasteiger partial charge >= 0.3 is 0 Å². The Hall–Kier alpha value is -2.30. The first-order valence-electron chi connectivity index (χ1n) is 5.73. The highest BCUT2D eigenvalue weighted by Gasteiger charge is 2.06. The van der Waals surface area contributed by atoms with E-state index in [4.69, 9.17) is 4.74 Å². The molecule has 0 aliphatic carbocycles. The van der Waals surface area contributed by atoms with Gasteiger partial charge in [0, 0.05) is 5.56 Å². The standard InChI is InChI=1S/C13H15N3O2/c1-10-9-14-16-13(10)15-12(17)7-8-18-11-5-3-2-4-6-11/h2-6,9H,7-8H2,1H3,(H2,14,15,16,17). The monoisotopic (exact) mass is 245 g/mol. The van der Waals surface area contributed by atoms with Gasteiger partial charge in [0.2, 0.25) is 5.91 Å². The fraction of sp³-hybridized carbons (Fsp3) is 0.231. The first-order chi connectivity index (χ1) is 8.75. The number of para-hydroxylation sites is 1. The maximum Gasteiger partial charge on any atom is 0.228 e. The molecular weight excluding hydrogens is 230 g/mol. The lowest BCUT2D eigenvalue weighted by Crippen LogP contribution is -2.16. The summed E-state index contributed by atoms with van der Waals surface area (Å²) in [5.41, 5.74) is 0.910. The summed E-state index contributed by atoms with van der Waals surface area (Å²) < 4.78 is 5.44. The van der Waals surface area contributed by atoms with Gasteiger partial charge in [-0.2, -0.15) is 5.10 Å². The summed E-state index contributed by atoms with van der Waals surface area (Å²) in [4.78, 5) is 11.6. The molecule has 94 valence electrons. The fourth-order valence-corrected chi connectivity index (χ4v) is 1.45. The number of nitrogens with zero attached hydrogens (tertiary/aromatic N) is 1. The van der Waals surface area contributed by atoms with Crippen LogP contribution in [0.25, 0.3) is 0 Å². The molecule has 0 aliphatic rings. The van der Waals surface area contributed by atoms with Crippen molar-refractivity contribution in [1.29, 1.82) is 0 Å². The number of ether oxygens (including phenoxy) is 1. The molecule has 0 unspecified atom stereocenters. The van der Waals surface area contributed by atoms with E-state index in [9.17, 15) is 4.79 Å². The van der Waals surface area contributed by atoms with Crippen molar-refractivity contribution in [3.8, 4) is 5.75 Å². The SMILES string of the molecule is Cc1cn[nH]c1NC(=O)CCOc1ccccc1. The third kappa shape index (κ3) is 3.35. The Balaban J connectivity index is 1.74. The lowest BCUT2D eigenvalue weighted by molar-refractivity contribution is -0.116. The molecule has 0 atom stereocenters. The van der Waals surface area contributed by atoms with Crippen molar-refractivity contribution in [2.24, 2.45) is 0 Å². The van der Waals surface area contributed by atoms with Crippen molar-refractivity contribution in [1.82, 2.24) is 10.2 Å². The van der Waals surface area contributed by atoms with Gasteiger partial charge in [0.15, 0.2) is 0 Å². The van der Waals surface area contributed by atoms with Crippen LogP contribution in [0, 0.1) is 6.92 Å². The van der Waals surface area contributed by atoms with Crippen molar-refractivity contribution in [3.05, 3.63) is 42.1 Å². The highest BCUT2D eigenvalue weighted by atomic mass is 16.5. The van der Waals surface area contributed by atoms with Crippen LogP contribution in [0.15, 0.2) is 36.5 Å². The molecule has 0 fully saturated rings. The Kier molecular flexibility index (Phi) is 3.96. The number of hydrogen-bond donors (Lipinski definition) is 2. The van der Waals surface area contributed by atoms with Crippen LogP contribution < -0.4 is 10.1 Å². The highest BCUT2D eigenvalue weighted by Crippen LogP contribution is 2.10. The van der Waals surface area contributed by atoms with Crippen LogP contribution in [0.2, 0.25) is 0 Å². The molecule has 1 aromatic heterocycles. The predicted molar refractivity (Wildman–Crippen MR) is 68.5 cm³/mol. The van der Waals surface area contributed by atoms with Gasteiger partial charge in [-0.15, -0.1) is 0 Å². The van der Waals surface area contributed by atoms with Gasteiger partial charge in [-0.1, -0.05) is 18.2 Å². The Morgan fingerprint density at radius 1 is 1.39 bits per heavy atom. The van der Waals surface area contributed by atoms with E-state index in [1.165, 1.54) is 0 Å². The van der Waals surface area contributed by atoms with Crippen molar-refractivity contribution in [2.75, 3.05) is 11.9 Å². The lowest BCUT2D eigenvalue weighted by atomic mass is 10.3. The van der Waals surface area contributed by atoms with Crippen molar-refractivity contribution in [3.63, 3.8) is 0 Å². The Morgan fingerprint density at radius 3 is 2.83 bits per heavy atom. The van der Waals surface area contributed by atoms with Crippen molar-refractivity contribution < 1.29 is 9.53 Å². The van der Waals surface area contributed by atoms with Gasteiger partial charge in [-0.05, 0) is 19.1 Å². The molecule has 0 aliphatic heterocycles. The summed E-state index contributed by atoms with van der Waals surface area (Å²) >= 11 is 0. The molecule has 2 rings (SSSR count). The van der Waals surface area contributed by atoms with Crippen LogP contribution in [-0.2, 0) is 4.79 Å². The number of aromatic nitrogens is 2. The summed E-state index contributed by atoms with van der Waals surface area (Å²) in [5, 5.41) is 9.29. The topological polar surface area (TPSA) is 67.0 Å². The molecule has 0 bridgehead atoms. The van der Waals surface area contributed by atoms with Crippen LogP contribution in [0.4, 0.5) is 5.82 Å². The van der Waals surface area contributed by atoms with E-state index in [-0.39, 0.29) is 5.91 Å². The quantitative estimate of drug-likeness (QED) is 0.848. The molecule has 1 aromatic carbocycles. The molecule has 5 nitrogen and oxygen atoms in total. The molecule has 2 aromatic rings. The Bertz CT molecular complexity index is 508. The smallest absolute Gasteiger partial charge is 0.228 e. The number of aryl methyl sites for hydroxylation is 1. The average molecular weight is 245 g/mol. The minimum Gasteiger partial charge on any atom is -0.493 e. The normalized spacial score (nSPS) is 10.1. The number of H-pyrrole nitrogens is 1. The van der Waals surface area contributed by atoms with Crippen LogP contribution in [-0.4, -0.2) is 22.7 Å². The second kappa shape index (κ2) is 5.86. The number of rotatable bonds is 5. The number of carbonyl (C=O) groups excluding carboxylic acids is 1. The Labute approximate surface area is 105 Å². The number of amides is 1. The maximum absolute atomic E-state index is 11.6. The molecule has 0 saturated carbocycles. The zero-order valence-corrected chi connectivity index (χ0v) is 10.1. The maximum atomic E-state index is 11.6. The first-order valence-corrected chi connectivity index (χ1v) is 5.73. The zero-order valence-electron chi connectivity index (χ0n) is 10.1. The molecule has 0 saturated heterocycles. The van der Waals surface area contributed by atoms with E-state index in [1.807, 2.05) is 37.3 Å². The van der Waals surface area contributed by atoms with Gasteiger partial charge in [0.25, 0.3) is 0 Å². The van der Waals surface area contributed by atoms with E-state index in [0.29, 0.717) is 18.8 Å². The number of benzene rings is 1. The van der Waals surface area contributed by atoms with E-state index in [2.05, 4.69) is 15.5 Å². The molecule has 0 radical (unpaired) electrons. The molecule has 5 heteroatoms. The third-order valence-electron chi connectivity index (χ3n) is 2.43. The van der Waals surface area contributed by atoms with Gasteiger partial charge in [-0.25, -0.2) is 0 Å². The minimum atomic E-state index is -0.0988. The first kappa shape index (κ1) is 12.2. The summed E-state index contributed by atoms with van der Waals surface area (Å²) in [6.07, 6.45) is 1.96. The van der Waals surface area contributed by atoms with E-state index < -0.39 is 0 Å². The Morgan fingerprint density at radius 2 is 2.17 bits per heavy atom. The lowest BCUT2D eigenvalue weighted by Gasteiger charge is -2.06. The third-order valence-corrected chi connectivity index (χ3v) is 2.43. The van der Waals surface area contributed by atoms with Crippen molar-refractivity contribution >= 4 is 11.7 Å². The zero-order chi connectivity index (χ0) is 12.8. The second-order valence-corrected chi connectivity index (χ2v) is 3.89. The van der Waals surface area contributed by atoms with Crippen molar-refractivity contribution in [2.45, 2.75) is 13.3 Å². The average Bonchev–Trinajstić information content (AvgIpc) is 2.76. The van der Waals surface area contributed by atoms with E-state index in [1.54, 1.807) is 6.20 Å². The number of nitrogens with one attached hydrogen (secondary N) is 2. The summed E-state index contributed by atoms with van der Waals surface area (Å²) in [7, 11) is 0. The van der Waals surface area contributed by atoms with Gasteiger partial charge in [0.1, 0.15) is 11.6 Å². The van der Waals surface area contributed by atoms with Crippen LogP contribution >= 0.6 is 0 Å². The molecule has 2 N–H and O–H groups in total. The molecule has 1 amide bonds. The van der Waals surface area contributed by atoms with Gasteiger partial charge in [0.05, 0.1) is 19.2 Å². The minimum absolute atomic E-state index is 0.0988. The molecular formula is C13H15N3O2. The molecule has 0 spiro atoms. The van der Waals surface area contributed by atoms with Crippen LogP contribution in [0.1, 0.15) is 12.0 Å². The predicted octanol–water partition coefficient (Wildman–Crippen LogP) is 2.13. The summed E-state index contributed by atoms with van der Waals surface area (Å²) in [6, 6.07) is 9.42. The second-order valence-electron chi connectivity index (χ2n) is 3.89. The summed E-state index contributed by atoms with van der Waals surface area (Å²) in [5.74, 6) is 1.31.